The van der Waals surface area contributed by atoms with Crippen molar-refractivity contribution in [3.8, 4) is 0 Å². The van der Waals surface area contributed by atoms with Crippen LogP contribution in [0.3, 0.4) is 0 Å². The van der Waals surface area contributed by atoms with Gasteiger partial charge in [-0.2, -0.15) is 10.1 Å². The van der Waals surface area contributed by atoms with Gasteiger partial charge in [-0.1, -0.05) is 24.3 Å². The molecule has 2 aromatic carbocycles. The molecular formula is C24H27FN8. The average Bonchev–Trinajstić information content (AvgIpc) is 3.25. The average molecular weight is 447 g/mol. The Morgan fingerprint density at radius 1 is 1.09 bits per heavy atom. The van der Waals surface area contributed by atoms with Gasteiger partial charge in [0.2, 0.25) is 5.95 Å². The van der Waals surface area contributed by atoms with Gasteiger partial charge in [0, 0.05) is 30.9 Å². The SMILES string of the molecule is CN(C)CCCNc1nc(N/N=C/c2nccn2Cc2ccc(F)cc2)nc2ccccc12. The number of para-hydroxylation sites is 1. The molecule has 0 atom stereocenters. The number of nitrogens with zero attached hydrogens (tertiary/aromatic N) is 6. The summed E-state index contributed by atoms with van der Waals surface area (Å²) >= 11 is 0. The molecule has 33 heavy (non-hydrogen) atoms. The third-order valence-corrected chi connectivity index (χ3v) is 5.04. The third kappa shape index (κ3) is 6.11. The Hall–Kier alpha value is -3.85. The van der Waals surface area contributed by atoms with E-state index in [4.69, 9.17) is 0 Å². The first-order valence-corrected chi connectivity index (χ1v) is 10.8. The van der Waals surface area contributed by atoms with E-state index in [1.165, 1.54) is 12.1 Å². The first kappa shape index (κ1) is 22.3. The van der Waals surface area contributed by atoms with E-state index in [0.717, 1.165) is 41.8 Å². The number of rotatable bonds is 10. The number of halogens is 1. The van der Waals surface area contributed by atoms with Crippen LogP contribution in [0.2, 0.25) is 0 Å². The van der Waals surface area contributed by atoms with E-state index in [0.29, 0.717) is 18.3 Å². The fourth-order valence-corrected chi connectivity index (χ4v) is 3.38. The Labute approximate surface area is 192 Å². The molecule has 0 saturated heterocycles. The molecule has 170 valence electrons. The Kier molecular flexibility index (Phi) is 7.21. The Morgan fingerprint density at radius 3 is 2.73 bits per heavy atom. The fourth-order valence-electron chi connectivity index (χ4n) is 3.38. The van der Waals surface area contributed by atoms with Crippen LogP contribution in [0.5, 0.6) is 0 Å². The molecular weight excluding hydrogens is 419 g/mol. The summed E-state index contributed by atoms with van der Waals surface area (Å²) in [6, 6.07) is 14.3. The van der Waals surface area contributed by atoms with Crippen molar-refractivity contribution in [3.63, 3.8) is 0 Å². The minimum Gasteiger partial charge on any atom is -0.369 e. The molecule has 2 heterocycles. The number of hydrogen-bond acceptors (Lipinski definition) is 7. The van der Waals surface area contributed by atoms with Gasteiger partial charge < -0.3 is 14.8 Å². The van der Waals surface area contributed by atoms with Crippen molar-refractivity contribution < 1.29 is 4.39 Å². The van der Waals surface area contributed by atoms with Crippen molar-refractivity contribution in [2.75, 3.05) is 37.9 Å². The topological polar surface area (TPSA) is 83.3 Å². The number of anilines is 2. The van der Waals surface area contributed by atoms with Gasteiger partial charge >= 0.3 is 0 Å². The zero-order valence-corrected chi connectivity index (χ0v) is 18.7. The zero-order chi connectivity index (χ0) is 23.0. The van der Waals surface area contributed by atoms with E-state index in [1.54, 1.807) is 24.5 Å². The van der Waals surface area contributed by atoms with E-state index < -0.39 is 0 Å². The van der Waals surface area contributed by atoms with Gasteiger partial charge in [0.25, 0.3) is 0 Å². The lowest BCUT2D eigenvalue weighted by Gasteiger charge is -2.12. The summed E-state index contributed by atoms with van der Waals surface area (Å²) in [5, 5.41) is 8.67. The lowest BCUT2D eigenvalue weighted by Crippen LogP contribution is -2.17. The number of fused-ring (bicyclic) bond motifs is 1. The van der Waals surface area contributed by atoms with Crippen LogP contribution in [0.25, 0.3) is 10.9 Å². The van der Waals surface area contributed by atoms with Crippen LogP contribution in [0.1, 0.15) is 17.8 Å². The molecule has 2 aromatic heterocycles. The van der Waals surface area contributed by atoms with Gasteiger partial charge in [-0.15, -0.1) is 0 Å². The number of imidazole rings is 1. The van der Waals surface area contributed by atoms with Gasteiger partial charge in [0.1, 0.15) is 11.6 Å². The second-order valence-electron chi connectivity index (χ2n) is 7.91. The maximum absolute atomic E-state index is 13.2. The molecule has 9 heteroatoms. The van der Waals surface area contributed by atoms with E-state index in [9.17, 15) is 4.39 Å². The van der Waals surface area contributed by atoms with Gasteiger partial charge in [0.15, 0.2) is 5.82 Å². The summed E-state index contributed by atoms with van der Waals surface area (Å²) in [5.41, 5.74) is 4.72. The highest BCUT2D eigenvalue weighted by atomic mass is 19.1. The van der Waals surface area contributed by atoms with Crippen LogP contribution in [-0.2, 0) is 6.54 Å². The number of hydrazone groups is 1. The van der Waals surface area contributed by atoms with E-state index in [-0.39, 0.29) is 5.82 Å². The molecule has 0 aliphatic carbocycles. The predicted octanol–water partition coefficient (Wildman–Crippen LogP) is 3.82. The lowest BCUT2D eigenvalue weighted by atomic mass is 10.2. The molecule has 0 saturated carbocycles. The molecule has 0 aliphatic rings. The Balaban J connectivity index is 1.46. The lowest BCUT2D eigenvalue weighted by molar-refractivity contribution is 0.405. The number of hydrogen-bond donors (Lipinski definition) is 2. The van der Waals surface area contributed by atoms with Gasteiger partial charge in [-0.25, -0.2) is 19.8 Å². The minimum absolute atomic E-state index is 0.252. The summed E-state index contributed by atoms with van der Waals surface area (Å²) in [6.07, 6.45) is 6.18. The second-order valence-corrected chi connectivity index (χ2v) is 7.91. The van der Waals surface area contributed by atoms with Crippen LogP contribution in [0.4, 0.5) is 16.2 Å². The van der Waals surface area contributed by atoms with Crippen LogP contribution < -0.4 is 10.7 Å². The van der Waals surface area contributed by atoms with Crippen LogP contribution in [0.15, 0.2) is 66.0 Å². The van der Waals surface area contributed by atoms with E-state index in [2.05, 4.69) is 49.8 Å². The fraction of sp³-hybridized carbons (Fsp3) is 0.250. The van der Waals surface area contributed by atoms with Crippen molar-refractivity contribution in [2.45, 2.75) is 13.0 Å². The third-order valence-electron chi connectivity index (χ3n) is 5.04. The maximum atomic E-state index is 13.2. The summed E-state index contributed by atoms with van der Waals surface area (Å²) in [5.74, 6) is 1.58. The molecule has 8 nitrogen and oxygen atoms in total. The normalized spacial score (nSPS) is 11.5. The van der Waals surface area contributed by atoms with Crippen molar-refractivity contribution in [2.24, 2.45) is 5.10 Å². The van der Waals surface area contributed by atoms with Gasteiger partial charge in [0.05, 0.1) is 11.7 Å². The van der Waals surface area contributed by atoms with Crippen molar-refractivity contribution in [3.05, 3.63) is 78.1 Å². The predicted molar refractivity (Wildman–Crippen MR) is 130 cm³/mol. The molecule has 4 aromatic rings. The highest BCUT2D eigenvalue weighted by Gasteiger charge is 2.07. The Bertz CT molecular complexity index is 1220. The molecule has 0 unspecified atom stereocenters. The zero-order valence-electron chi connectivity index (χ0n) is 18.7. The molecule has 0 spiro atoms. The van der Waals surface area contributed by atoms with Crippen molar-refractivity contribution >= 4 is 28.9 Å². The smallest absolute Gasteiger partial charge is 0.246 e. The number of aromatic nitrogens is 4. The first-order valence-electron chi connectivity index (χ1n) is 10.8. The molecule has 0 aliphatic heterocycles. The number of nitrogens with one attached hydrogen (secondary N) is 2. The molecule has 4 rings (SSSR count). The summed E-state index contributed by atoms with van der Waals surface area (Å²) in [7, 11) is 4.12. The van der Waals surface area contributed by atoms with Crippen LogP contribution in [-0.4, -0.2) is 57.8 Å². The maximum Gasteiger partial charge on any atom is 0.246 e. The van der Waals surface area contributed by atoms with Gasteiger partial charge in [-0.3, -0.25) is 0 Å². The highest BCUT2D eigenvalue weighted by molar-refractivity contribution is 5.90. The molecule has 0 amide bonds. The minimum atomic E-state index is -0.252. The van der Waals surface area contributed by atoms with Crippen LogP contribution >= 0.6 is 0 Å². The monoisotopic (exact) mass is 446 g/mol. The summed E-state index contributed by atoms with van der Waals surface area (Å²) < 4.78 is 15.1. The van der Waals surface area contributed by atoms with Crippen molar-refractivity contribution in [1.29, 1.82) is 0 Å². The standard InChI is InChI=1S/C24H27FN8/c1-32(2)14-5-12-27-23-20-6-3-4-7-21(20)29-24(30-23)31-28-16-22-26-13-15-33(22)17-18-8-10-19(25)11-9-18/h3-4,6-11,13,15-16H,5,12,14,17H2,1-2H3,(H2,27,29,30,31)/b28-16+. The van der Waals surface area contributed by atoms with E-state index >= 15 is 0 Å². The molecule has 0 radical (unpaired) electrons. The second kappa shape index (κ2) is 10.6. The molecule has 2 N–H and O–H groups in total. The first-order chi connectivity index (χ1) is 16.1. The van der Waals surface area contributed by atoms with Gasteiger partial charge in [-0.05, 0) is 56.9 Å². The largest absolute Gasteiger partial charge is 0.369 e. The summed E-state index contributed by atoms with van der Waals surface area (Å²) in [4.78, 5) is 15.7. The van der Waals surface area contributed by atoms with Crippen molar-refractivity contribution in [1.82, 2.24) is 24.4 Å². The van der Waals surface area contributed by atoms with Crippen LogP contribution in [0, 0.1) is 5.82 Å². The molecule has 0 fully saturated rings. The Morgan fingerprint density at radius 2 is 1.91 bits per heavy atom. The summed E-state index contributed by atoms with van der Waals surface area (Å²) in [6.45, 7) is 2.37. The quantitative estimate of drug-likeness (QED) is 0.219. The number of benzene rings is 2. The molecule has 0 bridgehead atoms. The highest BCUT2D eigenvalue weighted by Crippen LogP contribution is 2.21. The van der Waals surface area contributed by atoms with E-state index in [1.807, 2.05) is 35.0 Å².